The van der Waals surface area contributed by atoms with Gasteiger partial charge in [-0.2, -0.15) is 10.2 Å². The number of aromatic nitrogens is 2. The maximum atomic E-state index is 8.79. The summed E-state index contributed by atoms with van der Waals surface area (Å²) in [6.45, 7) is 0. The van der Waals surface area contributed by atoms with E-state index in [4.69, 9.17) is 26.3 Å². The number of hydrogen-bond acceptors (Lipinski definition) is 5. The van der Waals surface area contributed by atoms with Gasteiger partial charge in [-0.3, -0.25) is 4.98 Å². The molecule has 90 valence electrons. The lowest BCUT2D eigenvalue weighted by Gasteiger charge is -2.09. The lowest BCUT2D eigenvalue weighted by atomic mass is 10.2. The minimum atomic E-state index is 0.236. The lowest BCUT2D eigenvalue weighted by molar-refractivity contribution is 0.373. The van der Waals surface area contributed by atoms with Gasteiger partial charge in [-0.05, 0) is 12.1 Å². The van der Waals surface area contributed by atoms with Crippen molar-refractivity contribution in [1.29, 1.82) is 5.26 Å². The van der Waals surface area contributed by atoms with E-state index in [1.807, 2.05) is 6.07 Å². The van der Waals surface area contributed by atoms with E-state index in [1.54, 1.807) is 18.2 Å². The van der Waals surface area contributed by atoms with Gasteiger partial charge < -0.3 is 9.47 Å². The Hall–Kier alpha value is -2.32. The van der Waals surface area contributed by atoms with E-state index in [2.05, 4.69) is 9.97 Å². The molecule has 0 aliphatic carbocycles. The summed E-state index contributed by atoms with van der Waals surface area (Å²) in [4.78, 5) is 7.80. The fraction of sp³-hybridized carbons (Fsp3) is 0.0833. The van der Waals surface area contributed by atoms with E-state index in [-0.39, 0.29) is 11.0 Å². The molecule has 0 aliphatic heterocycles. The average Bonchev–Trinajstić information content (AvgIpc) is 2.39. The molecule has 5 nitrogen and oxygen atoms in total. The van der Waals surface area contributed by atoms with Crippen molar-refractivity contribution < 1.29 is 9.47 Å². The standard InChI is InChI=1S/C12H8ClN3O2/c1-17-10-4-8(5-14)2-3-9(10)18-12-7-15-6-11(13)16-12/h2-4,6-7H,1H3. The fourth-order valence-corrected chi connectivity index (χ4v) is 1.45. The quantitative estimate of drug-likeness (QED) is 0.850. The molecule has 0 saturated carbocycles. The second kappa shape index (κ2) is 5.34. The predicted octanol–water partition coefficient (Wildman–Crippen LogP) is 2.80. The van der Waals surface area contributed by atoms with Crippen LogP contribution in [0.2, 0.25) is 5.15 Å². The van der Waals surface area contributed by atoms with Crippen LogP contribution in [-0.2, 0) is 0 Å². The van der Waals surface area contributed by atoms with Crippen LogP contribution in [0.4, 0.5) is 0 Å². The molecule has 0 aliphatic rings. The normalized spacial score (nSPS) is 9.61. The molecule has 0 saturated heterocycles. The summed E-state index contributed by atoms with van der Waals surface area (Å²) in [7, 11) is 1.49. The number of hydrogen-bond donors (Lipinski definition) is 0. The zero-order valence-electron chi connectivity index (χ0n) is 9.42. The first-order valence-electron chi connectivity index (χ1n) is 4.96. The van der Waals surface area contributed by atoms with E-state index in [0.29, 0.717) is 17.1 Å². The van der Waals surface area contributed by atoms with Gasteiger partial charge in [0.2, 0.25) is 5.88 Å². The Morgan fingerprint density at radius 1 is 1.28 bits per heavy atom. The summed E-state index contributed by atoms with van der Waals surface area (Å²) in [5, 5.41) is 9.02. The molecule has 0 N–H and O–H groups in total. The summed E-state index contributed by atoms with van der Waals surface area (Å²) in [6.07, 6.45) is 2.84. The zero-order chi connectivity index (χ0) is 13.0. The molecule has 0 atom stereocenters. The number of benzene rings is 1. The van der Waals surface area contributed by atoms with Crippen LogP contribution in [0.3, 0.4) is 0 Å². The minimum Gasteiger partial charge on any atom is -0.493 e. The number of ether oxygens (including phenoxy) is 2. The third kappa shape index (κ3) is 2.67. The lowest BCUT2D eigenvalue weighted by Crippen LogP contribution is -1.93. The molecule has 18 heavy (non-hydrogen) atoms. The first-order chi connectivity index (χ1) is 8.72. The van der Waals surface area contributed by atoms with Crippen LogP contribution < -0.4 is 9.47 Å². The van der Waals surface area contributed by atoms with Gasteiger partial charge in [0.05, 0.1) is 31.1 Å². The van der Waals surface area contributed by atoms with Gasteiger partial charge in [-0.15, -0.1) is 0 Å². The van der Waals surface area contributed by atoms with E-state index in [0.717, 1.165) is 0 Å². The minimum absolute atomic E-state index is 0.236. The Labute approximate surface area is 109 Å². The van der Waals surface area contributed by atoms with Gasteiger partial charge in [0.1, 0.15) is 0 Å². The van der Waals surface area contributed by atoms with Crippen LogP contribution in [0.25, 0.3) is 0 Å². The molecule has 1 aromatic carbocycles. The van der Waals surface area contributed by atoms with Gasteiger partial charge in [0.15, 0.2) is 16.7 Å². The molecule has 1 aromatic heterocycles. The third-order valence-electron chi connectivity index (χ3n) is 2.09. The fourth-order valence-electron chi connectivity index (χ4n) is 1.31. The van der Waals surface area contributed by atoms with Gasteiger partial charge >= 0.3 is 0 Å². The van der Waals surface area contributed by atoms with Crippen LogP contribution in [0.15, 0.2) is 30.6 Å². The highest BCUT2D eigenvalue weighted by Crippen LogP contribution is 2.31. The van der Waals surface area contributed by atoms with Gasteiger partial charge in [-0.25, -0.2) is 0 Å². The Kier molecular flexibility index (Phi) is 3.60. The summed E-state index contributed by atoms with van der Waals surface area (Å²) in [6, 6.07) is 6.84. The number of halogens is 1. The maximum Gasteiger partial charge on any atom is 0.239 e. The van der Waals surface area contributed by atoms with Crippen LogP contribution in [0.1, 0.15) is 5.56 Å². The molecular weight excluding hydrogens is 254 g/mol. The topological polar surface area (TPSA) is 68.0 Å². The Morgan fingerprint density at radius 2 is 2.11 bits per heavy atom. The SMILES string of the molecule is COc1cc(C#N)ccc1Oc1cncc(Cl)n1. The Morgan fingerprint density at radius 3 is 2.78 bits per heavy atom. The summed E-state index contributed by atoms with van der Waals surface area (Å²) >= 11 is 5.70. The van der Waals surface area contributed by atoms with E-state index in [9.17, 15) is 0 Å². The number of methoxy groups -OCH3 is 1. The summed E-state index contributed by atoms with van der Waals surface area (Å²) < 4.78 is 10.6. The second-order valence-corrected chi connectivity index (χ2v) is 3.65. The number of nitriles is 1. The van der Waals surface area contributed by atoms with E-state index >= 15 is 0 Å². The first kappa shape index (κ1) is 12.1. The molecule has 0 spiro atoms. The molecule has 1 heterocycles. The van der Waals surface area contributed by atoms with Crippen LogP contribution in [0.5, 0.6) is 17.4 Å². The largest absolute Gasteiger partial charge is 0.493 e. The van der Waals surface area contributed by atoms with Crippen LogP contribution >= 0.6 is 11.6 Å². The van der Waals surface area contributed by atoms with Crippen molar-refractivity contribution in [2.45, 2.75) is 0 Å². The molecule has 0 unspecified atom stereocenters. The summed E-state index contributed by atoms with van der Waals surface area (Å²) in [5.74, 6) is 1.13. The molecule has 6 heteroatoms. The third-order valence-corrected chi connectivity index (χ3v) is 2.27. The van der Waals surface area contributed by atoms with Crippen molar-refractivity contribution in [3.63, 3.8) is 0 Å². The summed E-state index contributed by atoms with van der Waals surface area (Å²) in [5.41, 5.74) is 0.483. The van der Waals surface area contributed by atoms with Crippen molar-refractivity contribution in [2.75, 3.05) is 7.11 Å². The Bertz CT molecular complexity index is 611. The average molecular weight is 262 g/mol. The predicted molar refractivity (Wildman–Crippen MR) is 64.8 cm³/mol. The maximum absolute atomic E-state index is 8.79. The van der Waals surface area contributed by atoms with Crippen LogP contribution in [0, 0.1) is 11.3 Å². The highest BCUT2D eigenvalue weighted by molar-refractivity contribution is 6.29. The highest BCUT2D eigenvalue weighted by atomic mass is 35.5. The zero-order valence-corrected chi connectivity index (χ0v) is 10.2. The molecule has 2 aromatic rings. The number of nitrogens with zero attached hydrogens (tertiary/aromatic N) is 3. The van der Waals surface area contributed by atoms with Gasteiger partial charge in [0, 0.05) is 6.07 Å². The molecular formula is C12H8ClN3O2. The van der Waals surface area contributed by atoms with Gasteiger partial charge in [0.25, 0.3) is 0 Å². The van der Waals surface area contributed by atoms with Crippen molar-refractivity contribution in [2.24, 2.45) is 0 Å². The van der Waals surface area contributed by atoms with Crippen molar-refractivity contribution in [3.8, 4) is 23.4 Å². The van der Waals surface area contributed by atoms with E-state index < -0.39 is 0 Å². The van der Waals surface area contributed by atoms with Crippen molar-refractivity contribution in [3.05, 3.63) is 41.3 Å². The van der Waals surface area contributed by atoms with Gasteiger partial charge in [-0.1, -0.05) is 11.6 Å². The highest BCUT2D eigenvalue weighted by Gasteiger charge is 2.08. The molecule has 0 bridgehead atoms. The second-order valence-electron chi connectivity index (χ2n) is 3.26. The van der Waals surface area contributed by atoms with Crippen LogP contribution in [-0.4, -0.2) is 17.1 Å². The van der Waals surface area contributed by atoms with Crippen molar-refractivity contribution >= 4 is 11.6 Å². The molecule has 0 radical (unpaired) electrons. The molecule has 0 fully saturated rings. The molecule has 2 rings (SSSR count). The molecule has 0 amide bonds. The Balaban J connectivity index is 2.32. The van der Waals surface area contributed by atoms with Crippen molar-refractivity contribution in [1.82, 2.24) is 9.97 Å². The monoisotopic (exact) mass is 261 g/mol. The van der Waals surface area contributed by atoms with E-state index in [1.165, 1.54) is 19.5 Å². The first-order valence-corrected chi connectivity index (χ1v) is 5.34. The smallest absolute Gasteiger partial charge is 0.239 e. The number of rotatable bonds is 3.